The molecule has 0 spiro atoms. The summed E-state index contributed by atoms with van der Waals surface area (Å²) in [6, 6.07) is 9.49. The first-order valence-electron chi connectivity index (χ1n) is 8.48. The van der Waals surface area contributed by atoms with Gasteiger partial charge in [0.1, 0.15) is 0 Å². The highest BCUT2D eigenvalue weighted by Crippen LogP contribution is 2.36. The molecule has 1 aromatic heterocycles. The fourth-order valence-corrected chi connectivity index (χ4v) is 2.55. The molecule has 136 valence electrons. The number of halogens is 1. The van der Waals surface area contributed by atoms with Crippen LogP contribution in [0, 0.1) is 0 Å². The number of benzene rings is 1. The maximum Gasteiger partial charge on any atom is 0.213 e. The zero-order valence-corrected chi connectivity index (χ0v) is 15.5. The highest BCUT2D eigenvalue weighted by molar-refractivity contribution is 6.32. The summed E-state index contributed by atoms with van der Waals surface area (Å²) in [6.07, 6.45) is 3.53. The molecule has 2 aromatic rings. The van der Waals surface area contributed by atoms with E-state index in [4.69, 9.17) is 25.8 Å². The van der Waals surface area contributed by atoms with E-state index in [9.17, 15) is 0 Å². The van der Waals surface area contributed by atoms with Crippen molar-refractivity contribution < 1.29 is 14.2 Å². The number of rotatable bonds is 11. The van der Waals surface area contributed by atoms with Gasteiger partial charge in [-0.05, 0) is 43.1 Å². The highest BCUT2D eigenvalue weighted by Gasteiger charge is 2.11. The lowest BCUT2D eigenvalue weighted by molar-refractivity contribution is 0.294. The van der Waals surface area contributed by atoms with Gasteiger partial charge in [-0.15, -0.1) is 0 Å². The van der Waals surface area contributed by atoms with Crippen LogP contribution in [0.15, 0.2) is 36.5 Å². The van der Waals surface area contributed by atoms with Gasteiger partial charge in [0.05, 0.1) is 25.3 Å². The fourth-order valence-electron chi connectivity index (χ4n) is 2.26. The fraction of sp³-hybridized carbons (Fsp3) is 0.421. The molecule has 1 aromatic carbocycles. The Morgan fingerprint density at radius 2 is 2.04 bits per heavy atom. The molecule has 0 aliphatic carbocycles. The number of pyridine rings is 1. The van der Waals surface area contributed by atoms with Gasteiger partial charge >= 0.3 is 0 Å². The van der Waals surface area contributed by atoms with Crippen LogP contribution in [-0.4, -0.2) is 31.9 Å². The third-order valence-electron chi connectivity index (χ3n) is 3.45. The molecule has 0 amide bonds. The van der Waals surface area contributed by atoms with Gasteiger partial charge in [-0.1, -0.05) is 24.6 Å². The minimum Gasteiger partial charge on any atom is -0.493 e. The lowest BCUT2D eigenvalue weighted by Crippen LogP contribution is -2.17. The van der Waals surface area contributed by atoms with E-state index in [1.54, 1.807) is 13.3 Å². The average Bonchev–Trinajstić information content (AvgIpc) is 2.64. The van der Waals surface area contributed by atoms with Crippen LogP contribution in [0.2, 0.25) is 5.02 Å². The van der Waals surface area contributed by atoms with Gasteiger partial charge in [0.2, 0.25) is 5.88 Å². The summed E-state index contributed by atoms with van der Waals surface area (Å²) in [5.41, 5.74) is 1.05. The molecular weight excluding hydrogens is 340 g/mol. The van der Waals surface area contributed by atoms with E-state index in [2.05, 4.69) is 17.2 Å². The maximum atomic E-state index is 6.32. The molecule has 2 rings (SSSR count). The normalized spacial score (nSPS) is 10.5. The molecule has 0 aliphatic rings. The quantitative estimate of drug-likeness (QED) is 0.608. The Morgan fingerprint density at radius 3 is 2.76 bits per heavy atom. The van der Waals surface area contributed by atoms with Crippen molar-refractivity contribution in [3.63, 3.8) is 0 Å². The first kappa shape index (κ1) is 19.3. The Balaban J connectivity index is 1.75. The number of ether oxygens (including phenoxy) is 3. The summed E-state index contributed by atoms with van der Waals surface area (Å²) in [4.78, 5) is 4.12. The van der Waals surface area contributed by atoms with Gasteiger partial charge in [-0.3, -0.25) is 0 Å². The molecule has 6 heteroatoms. The lowest BCUT2D eigenvalue weighted by Gasteiger charge is -2.14. The number of aromatic nitrogens is 1. The minimum absolute atomic E-state index is 0.572. The second-order valence-corrected chi connectivity index (χ2v) is 5.91. The first-order valence-corrected chi connectivity index (χ1v) is 8.86. The number of hydrogen-bond donors (Lipinski definition) is 1. The largest absolute Gasteiger partial charge is 0.493 e. The SMILES string of the molecule is CCCOc1c(Cl)cc(CNCCCOc2ccccn2)cc1OC. The van der Waals surface area contributed by atoms with Gasteiger partial charge in [-0.2, -0.15) is 0 Å². The van der Waals surface area contributed by atoms with Crippen LogP contribution >= 0.6 is 11.6 Å². The van der Waals surface area contributed by atoms with Gasteiger partial charge in [-0.25, -0.2) is 4.98 Å². The van der Waals surface area contributed by atoms with E-state index in [-0.39, 0.29) is 0 Å². The van der Waals surface area contributed by atoms with Crippen molar-refractivity contribution in [2.75, 3.05) is 26.9 Å². The summed E-state index contributed by atoms with van der Waals surface area (Å²) in [5.74, 6) is 1.93. The second-order valence-electron chi connectivity index (χ2n) is 5.50. The Morgan fingerprint density at radius 1 is 1.16 bits per heavy atom. The van der Waals surface area contributed by atoms with Crippen LogP contribution in [0.1, 0.15) is 25.3 Å². The van der Waals surface area contributed by atoms with E-state index in [0.717, 1.165) is 24.9 Å². The van der Waals surface area contributed by atoms with Crippen molar-refractivity contribution in [3.05, 3.63) is 47.1 Å². The standard InChI is InChI=1S/C19H25ClN2O3/c1-3-10-25-19-16(20)12-15(13-17(19)23-2)14-21-8-6-11-24-18-7-4-5-9-22-18/h4-5,7,9,12-13,21H,3,6,8,10-11,14H2,1-2H3. The lowest BCUT2D eigenvalue weighted by atomic mass is 10.2. The highest BCUT2D eigenvalue weighted by atomic mass is 35.5. The predicted octanol–water partition coefficient (Wildman–Crippen LogP) is 4.09. The van der Waals surface area contributed by atoms with E-state index >= 15 is 0 Å². The van der Waals surface area contributed by atoms with E-state index in [0.29, 0.717) is 42.2 Å². The van der Waals surface area contributed by atoms with Crippen molar-refractivity contribution in [1.29, 1.82) is 0 Å². The molecule has 0 fully saturated rings. The summed E-state index contributed by atoms with van der Waals surface area (Å²) >= 11 is 6.32. The van der Waals surface area contributed by atoms with Crippen molar-refractivity contribution in [2.45, 2.75) is 26.3 Å². The molecule has 1 heterocycles. The predicted molar refractivity (Wildman–Crippen MR) is 99.8 cm³/mol. The molecule has 0 aliphatic heterocycles. The first-order chi connectivity index (χ1) is 12.2. The summed E-state index contributed by atoms with van der Waals surface area (Å²) < 4.78 is 16.6. The molecule has 0 atom stereocenters. The molecule has 5 nitrogen and oxygen atoms in total. The molecule has 0 saturated carbocycles. The molecule has 0 bridgehead atoms. The van der Waals surface area contributed by atoms with Gasteiger partial charge in [0.25, 0.3) is 0 Å². The monoisotopic (exact) mass is 364 g/mol. The Bertz CT molecular complexity index is 638. The maximum absolute atomic E-state index is 6.32. The number of nitrogens with one attached hydrogen (secondary N) is 1. The zero-order chi connectivity index (χ0) is 17.9. The number of hydrogen-bond acceptors (Lipinski definition) is 5. The molecule has 1 N–H and O–H groups in total. The van der Waals surface area contributed by atoms with E-state index < -0.39 is 0 Å². The van der Waals surface area contributed by atoms with Crippen LogP contribution in [0.3, 0.4) is 0 Å². The topological polar surface area (TPSA) is 52.6 Å². The van der Waals surface area contributed by atoms with Crippen LogP contribution in [0.4, 0.5) is 0 Å². The van der Waals surface area contributed by atoms with Gasteiger partial charge < -0.3 is 19.5 Å². The van der Waals surface area contributed by atoms with Crippen molar-refractivity contribution in [2.24, 2.45) is 0 Å². The van der Waals surface area contributed by atoms with Crippen molar-refractivity contribution in [1.82, 2.24) is 10.3 Å². The van der Waals surface area contributed by atoms with Crippen molar-refractivity contribution in [3.8, 4) is 17.4 Å². The Labute approximate surface area is 154 Å². The van der Waals surface area contributed by atoms with Crippen molar-refractivity contribution >= 4 is 11.6 Å². The molecule has 25 heavy (non-hydrogen) atoms. The van der Waals surface area contributed by atoms with Crippen LogP contribution in [0.25, 0.3) is 0 Å². The van der Waals surface area contributed by atoms with Gasteiger partial charge in [0, 0.05) is 18.8 Å². The zero-order valence-electron chi connectivity index (χ0n) is 14.8. The summed E-state index contributed by atoms with van der Waals surface area (Å²) in [7, 11) is 1.62. The molecular formula is C19H25ClN2O3. The number of methoxy groups -OCH3 is 1. The number of nitrogens with zero attached hydrogens (tertiary/aromatic N) is 1. The molecule has 0 radical (unpaired) electrons. The smallest absolute Gasteiger partial charge is 0.213 e. The second kappa shape index (κ2) is 10.8. The third kappa shape index (κ3) is 6.44. The van der Waals surface area contributed by atoms with Crippen LogP contribution < -0.4 is 19.5 Å². The summed E-state index contributed by atoms with van der Waals surface area (Å²) in [6.45, 7) is 4.83. The van der Waals surface area contributed by atoms with E-state index in [1.165, 1.54) is 0 Å². The Kier molecular flexibility index (Phi) is 8.35. The van der Waals surface area contributed by atoms with E-state index in [1.807, 2.05) is 30.3 Å². The average molecular weight is 365 g/mol. The Hall–Kier alpha value is -1.98. The van der Waals surface area contributed by atoms with Gasteiger partial charge in [0.15, 0.2) is 11.5 Å². The summed E-state index contributed by atoms with van der Waals surface area (Å²) in [5, 5.41) is 3.95. The van der Waals surface area contributed by atoms with Crippen LogP contribution in [0.5, 0.6) is 17.4 Å². The minimum atomic E-state index is 0.572. The van der Waals surface area contributed by atoms with Crippen LogP contribution in [-0.2, 0) is 6.54 Å². The molecule has 0 unspecified atom stereocenters. The molecule has 0 saturated heterocycles. The third-order valence-corrected chi connectivity index (χ3v) is 3.74.